The van der Waals surface area contributed by atoms with Crippen LogP contribution in [0.3, 0.4) is 0 Å². The van der Waals surface area contributed by atoms with Crippen LogP contribution in [0.1, 0.15) is 23.1 Å². The highest BCUT2D eigenvalue weighted by Gasteiger charge is 2.16. The third-order valence-corrected chi connectivity index (χ3v) is 3.99. The zero-order chi connectivity index (χ0) is 13.7. The molecule has 1 N–H and O–H groups in total. The van der Waals surface area contributed by atoms with Crippen LogP contribution < -0.4 is 0 Å². The van der Waals surface area contributed by atoms with Crippen molar-refractivity contribution in [2.75, 3.05) is 39.3 Å². The van der Waals surface area contributed by atoms with Crippen LogP contribution in [0.5, 0.6) is 0 Å². The molecule has 1 fully saturated rings. The molecule has 1 saturated heterocycles. The van der Waals surface area contributed by atoms with Crippen LogP contribution in [0, 0.1) is 13.8 Å². The van der Waals surface area contributed by atoms with E-state index in [1.807, 2.05) is 0 Å². The van der Waals surface area contributed by atoms with Gasteiger partial charge in [0.25, 0.3) is 0 Å². The summed E-state index contributed by atoms with van der Waals surface area (Å²) in [4.78, 5) is 4.99. The van der Waals surface area contributed by atoms with Gasteiger partial charge in [-0.25, -0.2) is 0 Å². The summed E-state index contributed by atoms with van der Waals surface area (Å²) in [7, 11) is 0. The molecule has 3 heteroatoms. The molecule has 0 aromatic heterocycles. The zero-order valence-corrected chi connectivity index (χ0v) is 12.2. The number of aliphatic hydroxyl groups excluding tert-OH is 1. The fourth-order valence-corrected chi connectivity index (χ4v) is 2.73. The second-order valence-corrected chi connectivity index (χ2v) is 5.62. The van der Waals surface area contributed by atoms with E-state index in [0.717, 1.165) is 45.7 Å². The van der Waals surface area contributed by atoms with Crippen LogP contribution in [0.15, 0.2) is 18.2 Å². The lowest BCUT2D eigenvalue weighted by atomic mass is 10.1. The van der Waals surface area contributed by atoms with Gasteiger partial charge in [-0.05, 0) is 31.4 Å². The molecule has 2 rings (SSSR count). The molecule has 1 aliphatic rings. The molecule has 3 nitrogen and oxygen atoms in total. The van der Waals surface area contributed by atoms with Crippen LogP contribution in [-0.2, 0) is 6.54 Å². The number of piperazine rings is 1. The van der Waals surface area contributed by atoms with Crippen molar-refractivity contribution < 1.29 is 5.11 Å². The van der Waals surface area contributed by atoms with Gasteiger partial charge in [-0.3, -0.25) is 4.90 Å². The van der Waals surface area contributed by atoms with Crippen molar-refractivity contribution in [2.24, 2.45) is 0 Å². The number of nitrogens with zero attached hydrogens (tertiary/aromatic N) is 2. The van der Waals surface area contributed by atoms with Crippen LogP contribution in [0.4, 0.5) is 0 Å². The summed E-state index contributed by atoms with van der Waals surface area (Å²) in [6.45, 7) is 11.3. The molecule has 1 heterocycles. The SMILES string of the molecule is Cc1ccc(CN2CCN(CCCO)CC2)c(C)c1. The fraction of sp³-hybridized carbons (Fsp3) is 0.625. The topological polar surface area (TPSA) is 26.7 Å². The summed E-state index contributed by atoms with van der Waals surface area (Å²) in [6, 6.07) is 6.75. The molecule has 0 bridgehead atoms. The summed E-state index contributed by atoms with van der Waals surface area (Å²) in [5.74, 6) is 0. The molecule has 0 atom stereocenters. The Kier molecular flexibility index (Phi) is 5.37. The first-order valence-electron chi connectivity index (χ1n) is 7.31. The van der Waals surface area contributed by atoms with E-state index in [0.29, 0.717) is 6.61 Å². The Labute approximate surface area is 116 Å². The molecular weight excluding hydrogens is 236 g/mol. The number of aryl methyl sites for hydroxylation is 2. The maximum absolute atomic E-state index is 8.86. The van der Waals surface area contributed by atoms with Gasteiger partial charge in [0.05, 0.1) is 0 Å². The Morgan fingerprint density at radius 3 is 2.37 bits per heavy atom. The largest absolute Gasteiger partial charge is 0.396 e. The van der Waals surface area contributed by atoms with E-state index in [9.17, 15) is 0 Å². The second kappa shape index (κ2) is 7.04. The molecule has 1 aromatic carbocycles. The van der Waals surface area contributed by atoms with Crippen molar-refractivity contribution in [3.8, 4) is 0 Å². The molecule has 0 unspecified atom stereocenters. The summed E-state index contributed by atoms with van der Waals surface area (Å²) < 4.78 is 0. The quantitative estimate of drug-likeness (QED) is 0.876. The zero-order valence-electron chi connectivity index (χ0n) is 12.2. The molecule has 1 aromatic rings. The number of hydrogen-bond acceptors (Lipinski definition) is 3. The van der Waals surface area contributed by atoms with E-state index in [1.165, 1.54) is 16.7 Å². The average molecular weight is 262 g/mol. The molecule has 1 aliphatic heterocycles. The second-order valence-electron chi connectivity index (χ2n) is 5.62. The van der Waals surface area contributed by atoms with Crippen LogP contribution in [0.2, 0.25) is 0 Å². The Hall–Kier alpha value is -0.900. The average Bonchev–Trinajstić information content (AvgIpc) is 2.41. The van der Waals surface area contributed by atoms with Crippen molar-refractivity contribution in [3.05, 3.63) is 34.9 Å². The van der Waals surface area contributed by atoms with Crippen molar-refractivity contribution >= 4 is 0 Å². The summed E-state index contributed by atoms with van der Waals surface area (Å²) in [5, 5.41) is 8.86. The van der Waals surface area contributed by atoms with Gasteiger partial charge in [0.1, 0.15) is 0 Å². The van der Waals surface area contributed by atoms with E-state index in [-0.39, 0.29) is 0 Å². The van der Waals surface area contributed by atoms with Gasteiger partial charge in [0, 0.05) is 45.9 Å². The van der Waals surface area contributed by atoms with Gasteiger partial charge in [-0.2, -0.15) is 0 Å². The Morgan fingerprint density at radius 2 is 1.74 bits per heavy atom. The van der Waals surface area contributed by atoms with Gasteiger partial charge in [-0.1, -0.05) is 23.8 Å². The van der Waals surface area contributed by atoms with Gasteiger partial charge < -0.3 is 10.0 Å². The predicted molar refractivity (Wildman–Crippen MR) is 79.3 cm³/mol. The van der Waals surface area contributed by atoms with E-state index in [1.54, 1.807) is 0 Å². The van der Waals surface area contributed by atoms with Gasteiger partial charge >= 0.3 is 0 Å². The van der Waals surface area contributed by atoms with E-state index >= 15 is 0 Å². The standard InChI is InChI=1S/C16H26N2O/c1-14-4-5-16(15(2)12-14)13-18-9-7-17(8-10-18)6-3-11-19/h4-5,12,19H,3,6-11,13H2,1-2H3. The molecule has 19 heavy (non-hydrogen) atoms. The minimum Gasteiger partial charge on any atom is -0.396 e. The molecule has 0 saturated carbocycles. The molecule has 0 radical (unpaired) electrons. The molecule has 0 aliphatic carbocycles. The molecule has 0 amide bonds. The highest BCUT2D eigenvalue weighted by atomic mass is 16.3. The number of hydrogen-bond donors (Lipinski definition) is 1. The summed E-state index contributed by atoms with van der Waals surface area (Å²) in [6.07, 6.45) is 0.900. The van der Waals surface area contributed by atoms with Crippen molar-refractivity contribution in [3.63, 3.8) is 0 Å². The smallest absolute Gasteiger partial charge is 0.0443 e. The summed E-state index contributed by atoms with van der Waals surface area (Å²) >= 11 is 0. The summed E-state index contributed by atoms with van der Waals surface area (Å²) in [5.41, 5.74) is 4.20. The van der Waals surface area contributed by atoms with E-state index in [2.05, 4.69) is 41.8 Å². The van der Waals surface area contributed by atoms with E-state index < -0.39 is 0 Å². The minimum atomic E-state index is 0.308. The number of benzene rings is 1. The van der Waals surface area contributed by atoms with E-state index in [4.69, 9.17) is 5.11 Å². The highest BCUT2D eigenvalue weighted by Crippen LogP contribution is 2.14. The van der Waals surface area contributed by atoms with Gasteiger partial charge in [0.15, 0.2) is 0 Å². The lowest BCUT2D eigenvalue weighted by molar-refractivity contribution is 0.119. The normalized spacial score (nSPS) is 17.8. The van der Waals surface area contributed by atoms with Crippen LogP contribution in [0.25, 0.3) is 0 Å². The Bertz CT molecular complexity index is 398. The van der Waals surface area contributed by atoms with Gasteiger partial charge in [-0.15, -0.1) is 0 Å². The minimum absolute atomic E-state index is 0.308. The number of aliphatic hydroxyl groups is 1. The lowest BCUT2D eigenvalue weighted by Crippen LogP contribution is -2.46. The lowest BCUT2D eigenvalue weighted by Gasteiger charge is -2.34. The Balaban J connectivity index is 1.82. The highest BCUT2D eigenvalue weighted by molar-refractivity contribution is 5.30. The van der Waals surface area contributed by atoms with Crippen molar-refractivity contribution in [1.82, 2.24) is 9.80 Å². The first-order chi connectivity index (χ1) is 9.19. The Morgan fingerprint density at radius 1 is 1.05 bits per heavy atom. The monoisotopic (exact) mass is 262 g/mol. The third kappa shape index (κ3) is 4.30. The molecular formula is C16H26N2O. The van der Waals surface area contributed by atoms with Crippen LogP contribution in [-0.4, -0.2) is 54.2 Å². The first-order valence-corrected chi connectivity index (χ1v) is 7.31. The fourth-order valence-electron chi connectivity index (χ4n) is 2.73. The number of rotatable bonds is 5. The maximum atomic E-state index is 8.86. The van der Waals surface area contributed by atoms with Crippen LogP contribution >= 0.6 is 0 Å². The molecule has 0 spiro atoms. The predicted octanol–water partition coefficient (Wildman–Crippen LogP) is 1.80. The maximum Gasteiger partial charge on any atom is 0.0443 e. The third-order valence-electron chi connectivity index (χ3n) is 3.99. The van der Waals surface area contributed by atoms with Crippen molar-refractivity contribution in [1.29, 1.82) is 0 Å². The van der Waals surface area contributed by atoms with Gasteiger partial charge in [0.2, 0.25) is 0 Å². The first kappa shape index (κ1) is 14.5. The van der Waals surface area contributed by atoms with Crippen molar-refractivity contribution in [2.45, 2.75) is 26.8 Å². The molecule has 106 valence electrons.